The molecule has 0 spiro atoms. The minimum absolute atomic E-state index is 0.220. The summed E-state index contributed by atoms with van der Waals surface area (Å²) in [6.45, 7) is 4.91. The molecule has 2 unspecified atom stereocenters. The van der Waals surface area contributed by atoms with Gasteiger partial charge < -0.3 is 10.4 Å². The number of aliphatic hydroxyl groups is 1. The van der Waals surface area contributed by atoms with Crippen LogP contribution in [-0.2, 0) is 4.79 Å². The number of aliphatic hydroxyl groups excluding tert-OH is 1. The molecule has 0 saturated carbocycles. The first kappa shape index (κ1) is 19.4. The summed E-state index contributed by atoms with van der Waals surface area (Å²) < 4.78 is 36.8. The van der Waals surface area contributed by atoms with Gasteiger partial charge in [-0.1, -0.05) is 18.2 Å². The third-order valence-corrected chi connectivity index (χ3v) is 3.68. The Hall–Kier alpha value is -1.60. The molecule has 130 valence electrons. The molecule has 0 aromatic heterocycles. The van der Waals surface area contributed by atoms with Crippen molar-refractivity contribution in [2.45, 2.75) is 39.1 Å². The lowest BCUT2D eigenvalue weighted by Crippen LogP contribution is -2.43. The first-order valence-electron chi connectivity index (χ1n) is 7.30. The summed E-state index contributed by atoms with van der Waals surface area (Å²) in [7, 11) is 1.36. The Morgan fingerprint density at radius 1 is 1.30 bits per heavy atom. The molecule has 23 heavy (non-hydrogen) atoms. The molecule has 1 amide bonds. The number of carbonyl (C=O) groups is 1. The van der Waals surface area contributed by atoms with Crippen molar-refractivity contribution in [3.63, 3.8) is 0 Å². The van der Waals surface area contributed by atoms with Crippen LogP contribution < -0.4 is 5.32 Å². The van der Waals surface area contributed by atoms with Gasteiger partial charge in [0.1, 0.15) is 0 Å². The number of nitrogens with zero attached hydrogens (tertiary/aromatic N) is 1. The number of halogens is 3. The van der Waals surface area contributed by atoms with Gasteiger partial charge in [-0.05, 0) is 44.5 Å². The predicted molar refractivity (Wildman–Crippen MR) is 82.0 cm³/mol. The van der Waals surface area contributed by atoms with Crippen molar-refractivity contribution in [1.29, 1.82) is 0 Å². The van der Waals surface area contributed by atoms with Crippen LogP contribution in [0.2, 0.25) is 0 Å². The Balaban J connectivity index is 2.53. The average Bonchev–Trinajstić information content (AvgIpc) is 2.40. The van der Waals surface area contributed by atoms with Gasteiger partial charge in [0.2, 0.25) is 5.91 Å². The molecule has 0 heterocycles. The highest BCUT2D eigenvalue weighted by molar-refractivity contribution is 5.78. The number of amides is 1. The minimum Gasteiger partial charge on any atom is -0.382 e. The van der Waals surface area contributed by atoms with Crippen LogP contribution in [0.3, 0.4) is 0 Å². The van der Waals surface area contributed by atoms with E-state index in [-0.39, 0.29) is 12.6 Å². The topological polar surface area (TPSA) is 52.6 Å². The maximum absolute atomic E-state index is 12.3. The Morgan fingerprint density at radius 3 is 2.43 bits per heavy atom. The molecule has 0 aliphatic heterocycles. The molecule has 4 nitrogen and oxygen atoms in total. The second-order valence-corrected chi connectivity index (χ2v) is 5.89. The highest BCUT2D eigenvalue weighted by atomic mass is 19.4. The number of aryl methyl sites for hydroxylation is 2. The first-order chi connectivity index (χ1) is 10.5. The lowest BCUT2D eigenvalue weighted by molar-refractivity contribution is -0.207. The molecule has 0 radical (unpaired) electrons. The summed E-state index contributed by atoms with van der Waals surface area (Å²) >= 11 is 0. The summed E-state index contributed by atoms with van der Waals surface area (Å²) in [6, 6.07) is 5.59. The Labute approximate surface area is 134 Å². The molecule has 2 atom stereocenters. The lowest BCUT2D eigenvalue weighted by atomic mass is 10.0. The van der Waals surface area contributed by atoms with Gasteiger partial charge in [0, 0.05) is 6.54 Å². The van der Waals surface area contributed by atoms with E-state index >= 15 is 0 Å². The predicted octanol–water partition coefficient (Wildman–Crippen LogP) is 2.34. The normalized spacial score (nSPS) is 14.7. The Morgan fingerprint density at radius 2 is 1.91 bits per heavy atom. The number of nitrogens with one attached hydrogen (secondary N) is 1. The van der Waals surface area contributed by atoms with Crippen molar-refractivity contribution in [2.24, 2.45) is 0 Å². The molecule has 0 bridgehead atoms. The summed E-state index contributed by atoms with van der Waals surface area (Å²) in [5.41, 5.74) is 3.18. The highest BCUT2D eigenvalue weighted by Crippen LogP contribution is 2.20. The van der Waals surface area contributed by atoms with Gasteiger partial charge >= 0.3 is 6.18 Å². The van der Waals surface area contributed by atoms with Crippen LogP contribution in [0.25, 0.3) is 0 Å². The van der Waals surface area contributed by atoms with E-state index in [9.17, 15) is 18.0 Å². The van der Waals surface area contributed by atoms with Crippen molar-refractivity contribution < 1.29 is 23.1 Å². The van der Waals surface area contributed by atoms with Crippen LogP contribution in [0.5, 0.6) is 0 Å². The summed E-state index contributed by atoms with van der Waals surface area (Å²) in [4.78, 5) is 13.0. The monoisotopic (exact) mass is 332 g/mol. The van der Waals surface area contributed by atoms with Gasteiger partial charge in [-0.3, -0.25) is 9.69 Å². The summed E-state index contributed by atoms with van der Waals surface area (Å²) in [6.07, 6.45) is -7.14. The number of rotatable bonds is 6. The van der Waals surface area contributed by atoms with Crippen molar-refractivity contribution in [3.05, 3.63) is 34.9 Å². The third kappa shape index (κ3) is 6.19. The maximum Gasteiger partial charge on any atom is 0.415 e. The average molecular weight is 332 g/mol. The van der Waals surface area contributed by atoms with Crippen LogP contribution in [0.15, 0.2) is 18.2 Å². The molecular formula is C16H23F3N2O2. The van der Waals surface area contributed by atoms with Gasteiger partial charge in [-0.2, -0.15) is 13.2 Å². The van der Waals surface area contributed by atoms with Crippen molar-refractivity contribution in [3.8, 4) is 0 Å². The smallest absolute Gasteiger partial charge is 0.382 e. The fraction of sp³-hybridized carbons (Fsp3) is 0.562. The van der Waals surface area contributed by atoms with Crippen LogP contribution in [0.4, 0.5) is 13.2 Å². The zero-order chi connectivity index (χ0) is 17.8. The second-order valence-electron chi connectivity index (χ2n) is 5.89. The number of hydrogen-bond acceptors (Lipinski definition) is 3. The van der Waals surface area contributed by atoms with Crippen LogP contribution >= 0.6 is 0 Å². The Bertz CT molecular complexity index is 547. The standard InChI is InChI=1S/C16H23F3N2O2/c1-10-5-6-13(7-11(10)2)12(3)20-15(23)9-21(4)8-14(22)16(17,18)19/h5-7,12,14,22H,8-9H2,1-4H3,(H,20,23). The Kier molecular flexibility index (Phi) is 6.58. The van der Waals surface area contributed by atoms with Crippen molar-refractivity contribution >= 4 is 5.91 Å². The van der Waals surface area contributed by atoms with E-state index in [2.05, 4.69) is 5.32 Å². The van der Waals surface area contributed by atoms with E-state index in [1.165, 1.54) is 7.05 Å². The van der Waals surface area contributed by atoms with E-state index < -0.39 is 24.7 Å². The van der Waals surface area contributed by atoms with E-state index in [1.54, 1.807) is 0 Å². The zero-order valence-corrected chi connectivity index (χ0v) is 13.7. The third-order valence-electron chi connectivity index (χ3n) is 3.68. The number of likely N-dealkylation sites (N-methyl/N-ethyl adjacent to an activating group) is 1. The second kappa shape index (κ2) is 7.79. The van der Waals surface area contributed by atoms with E-state index in [4.69, 9.17) is 5.11 Å². The molecule has 7 heteroatoms. The molecule has 1 aromatic carbocycles. The molecule has 1 aromatic rings. The molecule has 0 saturated heterocycles. The van der Waals surface area contributed by atoms with Gasteiger partial charge in [-0.15, -0.1) is 0 Å². The molecule has 0 aliphatic carbocycles. The fourth-order valence-corrected chi connectivity index (χ4v) is 2.11. The number of benzene rings is 1. The number of carbonyl (C=O) groups excluding carboxylic acids is 1. The fourth-order valence-electron chi connectivity index (χ4n) is 2.11. The summed E-state index contributed by atoms with van der Waals surface area (Å²) in [5, 5.41) is 11.7. The largest absolute Gasteiger partial charge is 0.415 e. The molecule has 2 N–H and O–H groups in total. The quantitative estimate of drug-likeness (QED) is 0.841. The number of hydrogen-bond donors (Lipinski definition) is 2. The van der Waals surface area contributed by atoms with E-state index in [0.717, 1.165) is 21.6 Å². The lowest BCUT2D eigenvalue weighted by Gasteiger charge is -2.23. The zero-order valence-electron chi connectivity index (χ0n) is 13.7. The van der Waals surface area contributed by atoms with Crippen LogP contribution in [0, 0.1) is 13.8 Å². The van der Waals surface area contributed by atoms with E-state index in [1.807, 2.05) is 39.0 Å². The summed E-state index contributed by atoms with van der Waals surface area (Å²) in [5.74, 6) is -0.396. The molecule has 0 aliphatic rings. The van der Waals surface area contributed by atoms with Crippen LogP contribution in [0.1, 0.15) is 29.7 Å². The molecular weight excluding hydrogens is 309 g/mol. The SMILES string of the molecule is Cc1ccc(C(C)NC(=O)CN(C)CC(O)C(F)(F)F)cc1C. The minimum atomic E-state index is -4.68. The molecule has 0 fully saturated rings. The maximum atomic E-state index is 12.3. The van der Waals surface area contributed by atoms with Gasteiger partial charge in [0.25, 0.3) is 0 Å². The number of alkyl halides is 3. The van der Waals surface area contributed by atoms with Gasteiger partial charge in [-0.25, -0.2) is 0 Å². The highest BCUT2D eigenvalue weighted by Gasteiger charge is 2.38. The van der Waals surface area contributed by atoms with Crippen molar-refractivity contribution in [2.75, 3.05) is 20.1 Å². The van der Waals surface area contributed by atoms with Crippen LogP contribution in [-0.4, -0.2) is 48.3 Å². The van der Waals surface area contributed by atoms with Crippen molar-refractivity contribution in [1.82, 2.24) is 10.2 Å². The molecule has 1 rings (SSSR count). The van der Waals surface area contributed by atoms with E-state index in [0.29, 0.717) is 0 Å². The van der Waals surface area contributed by atoms with Gasteiger partial charge in [0.05, 0.1) is 12.6 Å². The first-order valence-corrected chi connectivity index (χ1v) is 7.30. The van der Waals surface area contributed by atoms with Gasteiger partial charge in [0.15, 0.2) is 6.10 Å².